The molecule has 1 aromatic rings. The molecule has 0 radical (unpaired) electrons. The molecule has 0 aliphatic carbocycles. The van der Waals surface area contributed by atoms with E-state index in [0.717, 1.165) is 0 Å². The summed E-state index contributed by atoms with van der Waals surface area (Å²) in [5.41, 5.74) is 4.48. The Morgan fingerprint density at radius 3 is 2.47 bits per heavy atom. The Labute approximate surface area is 102 Å². The molecule has 1 aromatic heterocycles. The predicted molar refractivity (Wildman–Crippen MR) is 59.4 cm³/mol. The summed E-state index contributed by atoms with van der Waals surface area (Å²) in [6.45, 7) is 0. The molecule has 0 fully saturated rings. The quantitative estimate of drug-likeness (QED) is 0.493. The first-order valence-corrected chi connectivity index (χ1v) is 6.81. The molecule has 1 heterocycles. The van der Waals surface area contributed by atoms with E-state index < -0.39 is 26.1 Å². The first-order chi connectivity index (χ1) is 6.73. The van der Waals surface area contributed by atoms with Crippen LogP contribution in [-0.4, -0.2) is 13.4 Å². The van der Waals surface area contributed by atoms with Crippen molar-refractivity contribution in [2.75, 3.05) is 5.73 Å². The number of aromatic nitrogens is 1. The van der Waals surface area contributed by atoms with Gasteiger partial charge in [0, 0.05) is 16.2 Å². The van der Waals surface area contributed by atoms with Crippen molar-refractivity contribution < 1.29 is 17.2 Å². The van der Waals surface area contributed by atoms with Gasteiger partial charge < -0.3 is 5.73 Å². The summed E-state index contributed by atoms with van der Waals surface area (Å²) in [6.07, 6.45) is -2.88. The Balaban J connectivity index is 3.50. The first kappa shape index (κ1) is 12.8. The molecule has 0 aromatic carbocycles. The number of pyridine rings is 1. The minimum absolute atomic E-state index is 0.0235. The van der Waals surface area contributed by atoms with Crippen LogP contribution in [0.3, 0.4) is 0 Å². The van der Waals surface area contributed by atoms with E-state index in [9.17, 15) is 17.2 Å². The second kappa shape index (κ2) is 4.34. The van der Waals surface area contributed by atoms with Gasteiger partial charge in [0.2, 0.25) is 0 Å². The molecule has 0 aliphatic heterocycles. The standard InChI is InChI=1S/C6H4ClF2IN2O2S/c7-15(13,14)3-1-2(5(8)9)4(11)6(10)12-3/h1,5H,11H2. The molecular formula is C6H4ClF2IN2O2S. The maximum atomic E-state index is 12.4. The van der Waals surface area contributed by atoms with Crippen molar-refractivity contribution in [3.8, 4) is 0 Å². The second-order valence-electron chi connectivity index (χ2n) is 2.49. The molecule has 15 heavy (non-hydrogen) atoms. The van der Waals surface area contributed by atoms with Crippen LogP contribution in [0.1, 0.15) is 12.0 Å². The maximum absolute atomic E-state index is 12.4. The highest BCUT2D eigenvalue weighted by molar-refractivity contribution is 14.1. The number of nitrogens with zero attached hydrogens (tertiary/aromatic N) is 1. The van der Waals surface area contributed by atoms with Gasteiger partial charge in [-0.05, 0) is 28.7 Å². The predicted octanol–water partition coefficient (Wildman–Crippen LogP) is 2.13. The van der Waals surface area contributed by atoms with Gasteiger partial charge in [-0.15, -0.1) is 0 Å². The lowest BCUT2D eigenvalue weighted by atomic mass is 10.2. The number of nitrogen functional groups attached to an aromatic ring is 1. The van der Waals surface area contributed by atoms with E-state index in [1.54, 1.807) is 22.6 Å². The zero-order valence-electron chi connectivity index (χ0n) is 6.92. The van der Waals surface area contributed by atoms with Gasteiger partial charge in [0.05, 0.1) is 5.69 Å². The lowest BCUT2D eigenvalue weighted by Gasteiger charge is -2.07. The van der Waals surface area contributed by atoms with Crippen LogP contribution in [0.2, 0.25) is 0 Å². The van der Waals surface area contributed by atoms with Gasteiger partial charge >= 0.3 is 0 Å². The zero-order chi connectivity index (χ0) is 11.8. The fourth-order valence-corrected chi connectivity index (χ4v) is 2.26. The number of anilines is 1. The first-order valence-electron chi connectivity index (χ1n) is 3.42. The Bertz CT molecular complexity index is 494. The van der Waals surface area contributed by atoms with Crippen LogP contribution in [0.4, 0.5) is 14.5 Å². The van der Waals surface area contributed by atoms with Gasteiger partial charge in [-0.3, -0.25) is 0 Å². The summed E-state index contributed by atoms with van der Waals surface area (Å²) >= 11 is 1.56. The third-order valence-electron chi connectivity index (χ3n) is 1.51. The number of hydrogen-bond acceptors (Lipinski definition) is 4. The van der Waals surface area contributed by atoms with Crippen molar-refractivity contribution in [3.05, 3.63) is 15.3 Å². The monoisotopic (exact) mass is 368 g/mol. The van der Waals surface area contributed by atoms with E-state index in [1.807, 2.05) is 0 Å². The minimum Gasteiger partial charge on any atom is -0.396 e. The van der Waals surface area contributed by atoms with Crippen LogP contribution >= 0.6 is 33.3 Å². The van der Waals surface area contributed by atoms with E-state index in [0.29, 0.717) is 6.07 Å². The molecule has 0 saturated heterocycles. The summed E-state index contributed by atoms with van der Waals surface area (Å²) in [4.78, 5) is 3.50. The average molecular weight is 369 g/mol. The largest absolute Gasteiger partial charge is 0.396 e. The molecule has 9 heteroatoms. The SMILES string of the molecule is Nc1c(C(F)F)cc(S(=O)(=O)Cl)nc1I. The van der Waals surface area contributed by atoms with E-state index in [-0.39, 0.29) is 9.39 Å². The van der Waals surface area contributed by atoms with Gasteiger partial charge in [0.25, 0.3) is 15.5 Å². The summed E-state index contributed by atoms with van der Waals surface area (Å²) in [5.74, 6) is 0. The Kier molecular flexibility index (Phi) is 3.71. The van der Waals surface area contributed by atoms with E-state index in [4.69, 9.17) is 16.4 Å². The smallest absolute Gasteiger partial charge is 0.278 e. The molecule has 0 bridgehead atoms. The molecule has 4 nitrogen and oxygen atoms in total. The molecule has 0 spiro atoms. The van der Waals surface area contributed by atoms with Crippen LogP contribution in [-0.2, 0) is 9.05 Å². The van der Waals surface area contributed by atoms with Crippen LogP contribution in [0.25, 0.3) is 0 Å². The maximum Gasteiger partial charge on any atom is 0.278 e. The van der Waals surface area contributed by atoms with Crippen molar-refractivity contribution in [1.29, 1.82) is 0 Å². The zero-order valence-corrected chi connectivity index (χ0v) is 10.6. The second-order valence-corrected chi connectivity index (χ2v) is 6.03. The molecule has 1 rings (SSSR count). The number of halogens is 4. The molecular weight excluding hydrogens is 364 g/mol. The molecule has 84 valence electrons. The average Bonchev–Trinajstić information content (AvgIpc) is 2.06. The summed E-state index contributed by atoms with van der Waals surface area (Å²) in [6, 6.07) is 0.671. The van der Waals surface area contributed by atoms with Crippen molar-refractivity contribution in [1.82, 2.24) is 4.98 Å². The Morgan fingerprint density at radius 2 is 2.07 bits per heavy atom. The van der Waals surface area contributed by atoms with Crippen molar-refractivity contribution in [3.63, 3.8) is 0 Å². The molecule has 0 aliphatic rings. The topological polar surface area (TPSA) is 73.1 Å². The molecule has 2 N–H and O–H groups in total. The number of nitrogens with two attached hydrogens (primary N) is 1. The van der Waals surface area contributed by atoms with Crippen molar-refractivity contribution in [2.45, 2.75) is 11.5 Å². The lowest BCUT2D eigenvalue weighted by molar-refractivity contribution is 0.151. The third kappa shape index (κ3) is 2.88. The summed E-state index contributed by atoms with van der Waals surface area (Å²) < 4.78 is 46.6. The molecule has 0 atom stereocenters. The molecule has 0 unspecified atom stereocenters. The van der Waals surface area contributed by atoms with Crippen LogP contribution < -0.4 is 5.73 Å². The van der Waals surface area contributed by atoms with Crippen molar-refractivity contribution in [2.24, 2.45) is 0 Å². The van der Waals surface area contributed by atoms with Gasteiger partial charge in [-0.25, -0.2) is 22.2 Å². The van der Waals surface area contributed by atoms with Crippen LogP contribution in [0.5, 0.6) is 0 Å². The van der Waals surface area contributed by atoms with Gasteiger partial charge in [0.15, 0.2) is 5.03 Å². The fourth-order valence-electron chi connectivity index (χ4n) is 0.825. The number of alkyl halides is 2. The highest BCUT2D eigenvalue weighted by atomic mass is 127. The fraction of sp³-hybridized carbons (Fsp3) is 0.167. The number of rotatable bonds is 2. The summed E-state index contributed by atoms with van der Waals surface area (Å²) in [5, 5.41) is -0.627. The van der Waals surface area contributed by atoms with Gasteiger partial charge in [0.1, 0.15) is 3.70 Å². The highest BCUT2D eigenvalue weighted by Gasteiger charge is 2.21. The van der Waals surface area contributed by atoms with E-state index in [1.165, 1.54) is 0 Å². The summed E-state index contributed by atoms with van der Waals surface area (Å²) in [7, 11) is 0.850. The van der Waals surface area contributed by atoms with E-state index >= 15 is 0 Å². The Morgan fingerprint density at radius 1 is 1.53 bits per heavy atom. The molecule has 0 saturated carbocycles. The number of hydrogen-bond donors (Lipinski definition) is 1. The highest BCUT2D eigenvalue weighted by Crippen LogP contribution is 2.30. The van der Waals surface area contributed by atoms with E-state index in [2.05, 4.69) is 4.98 Å². The lowest BCUT2D eigenvalue weighted by Crippen LogP contribution is -2.05. The van der Waals surface area contributed by atoms with Gasteiger partial charge in [-0.2, -0.15) is 0 Å². The van der Waals surface area contributed by atoms with Crippen LogP contribution in [0, 0.1) is 3.70 Å². The van der Waals surface area contributed by atoms with Crippen molar-refractivity contribution >= 4 is 48.0 Å². The normalized spacial score (nSPS) is 12.1. The third-order valence-corrected chi connectivity index (χ3v) is 3.51. The minimum atomic E-state index is -4.13. The molecule has 0 amide bonds. The van der Waals surface area contributed by atoms with Crippen LogP contribution in [0.15, 0.2) is 11.1 Å². The Hall–Kier alpha value is -0.220. The van der Waals surface area contributed by atoms with Gasteiger partial charge in [-0.1, -0.05) is 0 Å².